The first-order valence-electron chi connectivity index (χ1n) is 5.39. The highest BCUT2D eigenvalue weighted by atomic mass is 127. The Bertz CT molecular complexity index is 369. The largest absolute Gasteiger partial charge is 0.341 e. The van der Waals surface area contributed by atoms with Gasteiger partial charge in [0.1, 0.15) is 5.78 Å². The highest BCUT2D eigenvalue weighted by Crippen LogP contribution is 2.22. The second-order valence-corrected chi connectivity index (χ2v) is 5.33. The van der Waals surface area contributed by atoms with Crippen LogP contribution in [-0.2, 0) is 4.79 Å². The minimum absolute atomic E-state index is 0.383. The maximum atomic E-state index is 11.2. The van der Waals surface area contributed by atoms with E-state index < -0.39 is 0 Å². The molecule has 0 amide bonds. The SMILES string of the molecule is CN(c1ncc(I)cn1)C1CCC(=O)CC1. The molecule has 1 fully saturated rings. The molecule has 1 aromatic heterocycles. The average molecular weight is 331 g/mol. The summed E-state index contributed by atoms with van der Waals surface area (Å²) in [7, 11) is 2.00. The van der Waals surface area contributed by atoms with E-state index in [1.165, 1.54) is 0 Å². The molecule has 0 aromatic carbocycles. The Morgan fingerprint density at radius 2 is 1.88 bits per heavy atom. The molecule has 1 aliphatic carbocycles. The van der Waals surface area contributed by atoms with Crippen molar-refractivity contribution < 1.29 is 4.79 Å². The molecule has 1 heterocycles. The van der Waals surface area contributed by atoms with Crippen molar-refractivity contribution in [1.29, 1.82) is 0 Å². The van der Waals surface area contributed by atoms with Crippen molar-refractivity contribution >= 4 is 34.3 Å². The number of ketones is 1. The van der Waals surface area contributed by atoms with E-state index in [0.29, 0.717) is 24.7 Å². The standard InChI is InChI=1S/C11H14IN3O/c1-15(9-2-4-10(16)5-3-9)11-13-6-8(12)7-14-11/h6-7,9H,2-5H2,1H3. The highest BCUT2D eigenvalue weighted by Gasteiger charge is 2.23. The maximum absolute atomic E-state index is 11.2. The monoisotopic (exact) mass is 331 g/mol. The predicted octanol–water partition coefficient (Wildman–Crippen LogP) is 2.03. The van der Waals surface area contributed by atoms with Crippen LogP contribution in [0.5, 0.6) is 0 Å². The number of carbonyl (C=O) groups excluding carboxylic acids is 1. The van der Waals surface area contributed by atoms with Gasteiger partial charge in [0, 0.05) is 41.9 Å². The third kappa shape index (κ3) is 2.69. The fraction of sp³-hybridized carbons (Fsp3) is 0.545. The molecule has 4 nitrogen and oxygen atoms in total. The van der Waals surface area contributed by atoms with Crippen LogP contribution in [-0.4, -0.2) is 28.8 Å². The predicted molar refractivity (Wildman–Crippen MR) is 70.4 cm³/mol. The summed E-state index contributed by atoms with van der Waals surface area (Å²) in [5, 5.41) is 0. The van der Waals surface area contributed by atoms with Crippen molar-refractivity contribution in [2.45, 2.75) is 31.7 Å². The molecule has 0 bridgehead atoms. The van der Waals surface area contributed by atoms with E-state index in [4.69, 9.17) is 0 Å². The summed E-state index contributed by atoms with van der Waals surface area (Å²) in [4.78, 5) is 21.8. The number of hydrogen-bond acceptors (Lipinski definition) is 4. The van der Waals surface area contributed by atoms with Crippen LogP contribution in [0.2, 0.25) is 0 Å². The maximum Gasteiger partial charge on any atom is 0.225 e. The molecule has 16 heavy (non-hydrogen) atoms. The van der Waals surface area contributed by atoms with Crippen molar-refractivity contribution in [1.82, 2.24) is 9.97 Å². The van der Waals surface area contributed by atoms with Crippen molar-refractivity contribution in [3.63, 3.8) is 0 Å². The summed E-state index contributed by atoms with van der Waals surface area (Å²) in [5.74, 6) is 1.13. The lowest BCUT2D eigenvalue weighted by Crippen LogP contribution is -2.36. The van der Waals surface area contributed by atoms with Gasteiger partial charge in [0.2, 0.25) is 5.95 Å². The molecule has 1 aliphatic rings. The Morgan fingerprint density at radius 1 is 1.31 bits per heavy atom. The topological polar surface area (TPSA) is 46.1 Å². The molecule has 0 N–H and O–H groups in total. The van der Waals surface area contributed by atoms with Crippen LogP contribution in [0.25, 0.3) is 0 Å². The summed E-state index contributed by atoms with van der Waals surface area (Å²) >= 11 is 2.19. The fourth-order valence-corrected chi connectivity index (χ4v) is 2.24. The third-order valence-electron chi connectivity index (χ3n) is 2.98. The number of anilines is 1. The number of rotatable bonds is 2. The van der Waals surface area contributed by atoms with Crippen molar-refractivity contribution in [3.8, 4) is 0 Å². The Balaban J connectivity index is 2.04. The van der Waals surface area contributed by atoms with Gasteiger partial charge in [-0.3, -0.25) is 4.79 Å². The van der Waals surface area contributed by atoms with Crippen LogP contribution < -0.4 is 4.90 Å². The second kappa shape index (κ2) is 5.07. The van der Waals surface area contributed by atoms with E-state index in [1.807, 2.05) is 19.4 Å². The average Bonchev–Trinajstić information content (AvgIpc) is 2.30. The number of halogens is 1. The van der Waals surface area contributed by atoms with Gasteiger partial charge in [-0.05, 0) is 35.4 Å². The fourth-order valence-electron chi connectivity index (χ4n) is 1.96. The summed E-state index contributed by atoms with van der Waals surface area (Å²) in [5.41, 5.74) is 0. The molecule has 1 aromatic rings. The normalized spacial score (nSPS) is 17.5. The molecular weight excluding hydrogens is 317 g/mol. The summed E-state index contributed by atoms with van der Waals surface area (Å²) < 4.78 is 1.04. The van der Waals surface area contributed by atoms with Crippen molar-refractivity contribution in [2.75, 3.05) is 11.9 Å². The van der Waals surface area contributed by atoms with E-state index in [9.17, 15) is 4.79 Å². The molecule has 0 atom stereocenters. The Hall–Kier alpha value is -0.720. The van der Waals surface area contributed by atoms with Gasteiger partial charge in [-0.15, -0.1) is 0 Å². The van der Waals surface area contributed by atoms with Gasteiger partial charge in [-0.2, -0.15) is 0 Å². The Labute approximate surface area is 109 Å². The van der Waals surface area contributed by atoms with Crippen molar-refractivity contribution in [3.05, 3.63) is 16.0 Å². The van der Waals surface area contributed by atoms with E-state index in [1.54, 1.807) is 0 Å². The molecule has 5 heteroatoms. The van der Waals surface area contributed by atoms with Crippen molar-refractivity contribution in [2.24, 2.45) is 0 Å². The Kier molecular flexibility index (Phi) is 3.73. The number of Topliss-reactive ketones (excluding diaryl/α,β-unsaturated/α-hetero) is 1. The zero-order chi connectivity index (χ0) is 11.5. The lowest BCUT2D eigenvalue weighted by Gasteiger charge is -2.30. The number of carbonyl (C=O) groups is 1. The second-order valence-electron chi connectivity index (χ2n) is 4.08. The van der Waals surface area contributed by atoms with Crippen LogP contribution in [0.3, 0.4) is 0 Å². The molecule has 0 radical (unpaired) electrons. The molecule has 0 unspecified atom stereocenters. The quantitative estimate of drug-likeness (QED) is 0.778. The summed E-state index contributed by atoms with van der Waals surface area (Å²) in [6.07, 6.45) is 6.86. The molecule has 0 aliphatic heterocycles. The van der Waals surface area contributed by atoms with Crippen LogP contribution in [0.4, 0.5) is 5.95 Å². The summed E-state index contributed by atoms with van der Waals surface area (Å²) in [6.45, 7) is 0. The van der Waals surface area contributed by atoms with E-state index in [-0.39, 0.29) is 0 Å². The van der Waals surface area contributed by atoms with Gasteiger partial charge in [0.25, 0.3) is 0 Å². The highest BCUT2D eigenvalue weighted by molar-refractivity contribution is 14.1. The van der Waals surface area contributed by atoms with E-state index >= 15 is 0 Å². The first-order chi connectivity index (χ1) is 7.66. The first-order valence-corrected chi connectivity index (χ1v) is 6.47. The molecule has 0 saturated heterocycles. The van der Waals surface area contributed by atoms with Crippen LogP contribution >= 0.6 is 22.6 Å². The van der Waals surface area contributed by atoms with Gasteiger partial charge in [0.05, 0.1) is 0 Å². The molecule has 2 rings (SSSR count). The number of aromatic nitrogens is 2. The molecule has 1 saturated carbocycles. The van der Waals surface area contributed by atoms with Gasteiger partial charge in [0.15, 0.2) is 0 Å². The number of nitrogens with zero attached hydrogens (tertiary/aromatic N) is 3. The number of hydrogen-bond donors (Lipinski definition) is 0. The van der Waals surface area contributed by atoms with Crippen LogP contribution in [0.1, 0.15) is 25.7 Å². The molecular formula is C11H14IN3O. The van der Waals surface area contributed by atoms with E-state index in [2.05, 4.69) is 37.5 Å². The lowest BCUT2D eigenvalue weighted by atomic mass is 9.94. The lowest BCUT2D eigenvalue weighted by molar-refractivity contribution is -0.120. The minimum atomic E-state index is 0.383. The Morgan fingerprint density at radius 3 is 2.44 bits per heavy atom. The molecule has 0 spiro atoms. The smallest absolute Gasteiger partial charge is 0.225 e. The third-order valence-corrected chi connectivity index (χ3v) is 3.54. The zero-order valence-corrected chi connectivity index (χ0v) is 11.3. The van der Waals surface area contributed by atoms with Crippen LogP contribution in [0.15, 0.2) is 12.4 Å². The van der Waals surface area contributed by atoms with Gasteiger partial charge >= 0.3 is 0 Å². The zero-order valence-electron chi connectivity index (χ0n) is 9.19. The van der Waals surface area contributed by atoms with Crippen LogP contribution in [0, 0.1) is 3.57 Å². The minimum Gasteiger partial charge on any atom is -0.341 e. The first kappa shape index (κ1) is 11.8. The summed E-state index contributed by atoms with van der Waals surface area (Å²) in [6, 6.07) is 0.401. The van der Waals surface area contributed by atoms with Gasteiger partial charge in [-0.1, -0.05) is 0 Å². The van der Waals surface area contributed by atoms with Gasteiger partial charge < -0.3 is 4.90 Å². The van der Waals surface area contributed by atoms with E-state index in [0.717, 1.165) is 22.4 Å². The molecule has 86 valence electrons. The van der Waals surface area contributed by atoms with Gasteiger partial charge in [-0.25, -0.2) is 9.97 Å².